The van der Waals surface area contributed by atoms with Crippen LogP contribution in [0.25, 0.3) is 0 Å². The Labute approximate surface area is 182 Å². The standard InChI is InChI=1S/C19H39N5O2.HI/c1-14(2)11-16(23(7)8)12-21-17(20-6)24-10-9-15(13-24)22-18(25)26-19(3,4)5;/h14-16H,9-13H2,1-8H3,(H,20,21)(H,22,25);1H. The lowest BCUT2D eigenvalue weighted by molar-refractivity contribution is 0.0507. The Hall–Kier alpha value is -0.770. The lowest BCUT2D eigenvalue weighted by atomic mass is 10.0. The fourth-order valence-electron chi connectivity index (χ4n) is 3.11. The normalized spacial score (nSPS) is 19.1. The van der Waals surface area contributed by atoms with E-state index in [9.17, 15) is 4.79 Å². The van der Waals surface area contributed by atoms with Crippen LogP contribution in [0, 0.1) is 5.92 Å². The summed E-state index contributed by atoms with van der Waals surface area (Å²) in [6.45, 7) is 12.6. The number of likely N-dealkylation sites (N-methyl/N-ethyl adjacent to an activating group) is 1. The molecule has 1 aliphatic rings. The Morgan fingerprint density at radius 2 is 1.96 bits per heavy atom. The molecule has 0 spiro atoms. The number of halogens is 1. The lowest BCUT2D eigenvalue weighted by Gasteiger charge is -2.29. The van der Waals surface area contributed by atoms with Crippen molar-refractivity contribution in [2.45, 2.75) is 65.1 Å². The number of likely N-dealkylation sites (tertiary alicyclic amines) is 1. The first-order valence-electron chi connectivity index (χ1n) is 9.63. The third-order valence-corrected chi connectivity index (χ3v) is 4.39. The summed E-state index contributed by atoms with van der Waals surface area (Å²) in [6, 6.07) is 0.550. The largest absolute Gasteiger partial charge is 0.444 e. The van der Waals surface area contributed by atoms with E-state index in [1.807, 2.05) is 27.8 Å². The lowest BCUT2D eigenvalue weighted by Crippen LogP contribution is -2.48. The first-order chi connectivity index (χ1) is 12.0. The van der Waals surface area contributed by atoms with Gasteiger partial charge in [-0.1, -0.05) is 13.8 Å². The molecule has 0 saturated carbocycles. The number of nitrogens with zero attached hydrogens (tertiary/aromatic N) is 3. The zero-order chi connectivity index (χ0) is 19.9. The Morgan fingerprint density at radius 1 is 1.33 bits per heavy atom. The second-order valence-corrected chi connectivity index (χ2v) is 8.75. The Morgan fingerprint density at radius 3 is 2.44 bits per heavy atom. The van der Waals surface area contributed by atoms with E-state index in [2.05, 4.69) is 53.4 Å². The first-order valence-corrected chi connectivity index (χ1v) is 9.63. The number of hydrogen-bond donors (Lipinski definition) is 2. The number of ether oxygens (including phenoxy) is 1. The van der Waals surface area contributed by atoms with E-state index in [0.29, 0.717) is 12.0 Å². The molecule has 27 heavy (non-hydrogen) atoms. The predicted octanol–water partition coefficient (Wildman–Crippen LogP) is 2.76. The van der Waals surface area contributed by atoms with E-state index in [-0.39, 0.29) is 36.1 Å². The molecule has 2 atom stereocenters. The Kier molecular flexibility index (Phi) is 11.6. The maximum absolute atomic E-state index is 12.0. The summed E-state index contributed by atoms with van der Waals surface area (Å²) in [5.74, 6) is 1.55. The van der Waals surface area contributed by atoms with Crippen molar-refractivity contribution in [1.29, 1.82) is 0 Å². The van der Waals surface area contributed by atoms with Gasteiger partial charge in [-0.3, -0.25) is 4.99 Å². The van der Waals surface area contributed by atoms with Gasteiger partial charge in [0.1, 0.15) is 5.60 Å². The quantitative estimate of drug-likeness (QED) is 0.336. The molecule has 1 saturated heterocycles. The van der Waals surface area contributed by atoms with Gasteiger partial charge in [-0.25, -0.2) is 4.79 Å². The SMILES string of the molecule is CN=C(NCC(CC(C)C)N(C)C)N1CCC(NC(=O)OC(C)(C)C)C1.I. The number of hydrogen-bond acceptors (Lipinski definition) is 4. The van der Waals surface area contributed by atoms with Crippen LogP contribution < -0.4 is 10.6 Å². The van der Waals surface area contributed by atoms with Crippen molar-refractivity contribution < 1.29 is 9.53 Å². The van der Waals surface area contributed by atoms with E-state index in [1.54, 1.807) is 0 Å². The molecule has 0 aromatic rings. The van der Waals surface area contributed by atoms with Crippen molar-refractivity contribution in [1.82, 2.24) is 20.4 Å². The van der Waals surface area contributed by atoms with E-state index < -0.39 is 5.60 Å². The second-order valence-electron chi connectivity index (χ2n) is 8.75. The van der Waals surface area contributed by atoms with Gasteiger partial charge in [0.2, 0.25) is 0 Å². The molecule has 7 nitrogen and oxygen atoms in total. The van der Waals surface area contributed by atoms with Gasteiger partial charge >= 0.3 is 6.09 Å². The highest BCUT2D eigenvalue weighted by atomic mass is 127. The highest BCUT2D eigenvalue weighted by Gasteiger charge is 2.28. The summed E-state index contributed by atoms with van der Waals surface area (Å²) < 4.78 is 5.34. The minimum atomic E-state index is -0.475. The van der Waals surface area contributed by atoms with E-state index in [0.717, 1.165) is 38.4 Å². The van der Waals surface area contributed by atoms with Gasteiger partial charge in [0.05, 0.1) is 6.04 Å². The van der Waals surface area contributed by atoms with Gasteiger partial charge in [0.15, 0.2) is 5.96 Å². The van der Waals surface area contributed by atoms with Crippen LogP contribution in [0.5, 0.6) is 0 Å². The van der Waals surface area contributed by atoms with Gasteiger partial charge in [-0.05, 0) is 53.6 Å². The fraction of sp³-hybridized carbons (Fsp3) is 0.895. The number of alkyl carbamates (subject to hydrolysis) is 1. The molecule has 1 amide bonds. The number of rotatable bonds is 6. The van der Waals surface area contributed by atoms with Crippen LogP contribution in [0.4, 0.5) is 4.79 Å². The van der Waals surface area contributed by atoms with Gasteiger partial charge < -0.3 is 25.2 Å². The second kappa shape index (κ2) is 11.9. The molecular weight excluding hydrogens is 457 g/mol. The molecule has 8 heteroatoms. The first kappa shape index (κ1) is 26.2. The van der Waals surface area contributed by atoms with Crippen molar-refractivity contribution in [3.8, 4) is 0 Å². The smallest absolute Gasteiger partial charge is 0.407 e. The van der Waals surface area contributed by atoms with Gasteiger partial charge in [-0.15, -0.1) is 24.0 Å². The summed E-state index contributed by atoms with van der Waals surface area (Å²) in [7, 11) is 6.05. The summed E-state index contributed by atoms with van der Waals surface area (Å²) in [4.78, 5) is 20.8. The van der Waals surface area contributed by atoms with Crippen LogP contribution in [0.15, 0.2) is 4.99 Å². The summed E-state index contributed by atoms with van der Waals surface area (Å²) in [5.41, 5.74) is -0.475. The average Bonchev–Trinajstić information content (AvgIpc) is 2.92. The molecule has 2 unspecified atom stereocenters. The molecule has 1 heterocycles. The average molecular weight is 497 g/mol. The van der Waals surface area contributed by atoms with Gasteiger partial charge in [0, 0.05) is 32.7 Å². The summed E-state index contributed by atoms with van der Waals surface area (Å²) in [5, 5.41) is 6.46. The number of carbonyl (C=O) groups is 1. The highest BCUT2D eigenvalue weighted by molar-refractivity contribution is 14.0. The molecule has 0 bridgehead atoms. The minimum Gasteiger partial charge on any atom is -0.444 e. The van der Waals surface area contributed by atoms with Gasteiger partial charge in [-0.2, -0.15) is 0 Å². The van der Waals surface area contributed by atoms with Crippen molar-refractivity contribution in [3.05, 3.63) is 0 Å². The molecule has 2 N–H and O–H groups in total. The zero-order valence-electron chi connectivity index (χ0n) is 18.3. The van der Waals surface area contributed by atoms with E-state index in [4.69, 9.17) is 4.74 Å². The number of guanidine groups is 1. The summed E-state index contributed by atoms with van der Waals surface area (Å²) >= 11 is 0. The predicted molar refractivity (Wildman–Crippen MR) is 123 cm³/mol. The van der Waals surface area contributed by atoms with Crippen LogP contribution in [0.3, 0.4) is 0 Å². The maximum Gasteiger partial charge on any atom is 0.407 e. The van der Waals surface area contributed by atoms with Crippen molar-refractivity contribution in [2.75, 3.05) is 40.8 Å². The molecule has 0 aliphatic carbocycles. The van der Waals surface area contributed by atoms with Crippen molar-refractivity contribution in [3.63, 3.8) is 0 Å². The molecule has 1 fully saturated rings. The Bertz CT molecular complexity index is 477. The number of amides is 1. The molecule has 1 aliphatic heterocycles. The molecule has 0 aromatic carbocycles. The van der Waals surface area contributed by atoms with Crippen LogP contribution >= 0.6 is 24.0 Å². The fourth-order valence-corrected chi connectivity index (χ4v) is 3.11. The monoisotopic (exact) mass is 497 g/mol. The van der Waals surface area contributed by atoms with Crippen LogP contribution in [0.2, 0.25) is 0 Å². The molecule has 0 aromatic heterocycles. The van der Waals surface area contributed by atoms with Crippen molar-refractivity contribution >= 4 is 36.0 Å². The molecule has 1 rings (SSSR count). The van der Waals surface area contributed by atoms with Crippen LogP contribution in [-0.4, -0.2) is 80.3 Å². The van der Waals surface area contributed by atoms with E-state index >= 15 is 0 Å². The van der Waals surface area contributed by atoms with E-state index in [1.165, 1.54) is 0 Å². The minimum absolute atomic E-state index is 0. The maximum atomic E-state index is 12.0. The van der Waals surface area contributed by atoms with Crippen LogP contribution in [-0.2, 0) is 4.74 Å². The third kappa shape index (κ3) is 10.4. The number of carbonyl (C=O) groups excluding carboxylic acids is 1. The summed E-state index contributed by atoms with van der Waals surface area (Å²) in [6.07, 6.45) is 1.68. The van der Waals surface area contributed by atoms with Crippen molar-refractivity contribution in [2.24, 2.45) is 10.9 Å². The number of aliphatic imine (C=N–C) groups is 1. The number of nitrogens with one attached hydrogen (secondary N) is 2. The topological polar surface area (TPSA) is 69.2 Å². The Balaban J connectivity index is 0.00000676. The third-order valence-electron chi connectivity index (χ3n) is 4.39. The molecule has 160 valence electrons. The molecule has 0 radical (unpaired) electrons. The van der Waals surface area contributed by atoms with Gasteiger partial charge in [0.25, 0.3) is 0 Å². The zero-order valence-corrected chi connectivity index (χ0v) is 20.7. The molecular formula is C19H40IN5O2. The highest BCUT2D eigenvalue weighted by Crippen LogP contribution is 2.13. The van der Waals surface area contributed by atoms with Crippen LogP contribution in [0.1, 0.15) is 47.5 Å².